The van der Waals surface area contributed by atoms with Crippen molar-refractivity contribution in [2.45, 2.75) is 18.4 Å². The minimum absolute atomic E-state index is 0.381. The van der Waals surface area contributed by atoms with Crippen molar-refractivity contribution in [2.24, 2.45) is 0 Å². The van der Waals surface area contributed by atoms with Gasteiger partial charge in [-0.3, -0.25) is 0 Å². The Kier molecular flexibility index (Phi) is 2.54. The van der Waals surface area contributed by atoms with Crippen molar-refractivity contribution < 1.29 is 5.11 Å². The lowest BCUT2D eigenvalue weighted by atomic mass is 9.86. The fraction of sp³-hybridized carbons (Fsp3) is 0.455. The number of aliphatic hydroxyl groups is 1. The molecule has 17 heavy (non-hydrogen) atoms. The van der Waals surface area contributed by atoms with E-state index in [0.29, 0.717) is 23.5 Å². The van der Waals surface area contributed by atoms with Gasteiger partial charge in [0.1, 0.15) is 11.8 Å². The zero-order valence-electron chi connectivity index (χ0n) is 9.23. The first-order valence-electron chi connectivity index (χ1n) is 5.62. The van der Waals surface area contributed by atoms with Crippen LogP contribution in [0.4, 0.5) is 0 Å². The van der Waals surface area contributed by atoms with Crippen LogP contribution < -0.4 is 5.32 Å². The Balaban J connectivity index is 2.17. The van der Waals surface area contributed by atoms with E-state index in [1.54, 1.807) is 10.7 Å². The van der Waals surface area contributed by atoms with E-state index in [-0.39, 0.29) is 0 Å². The number of aromatic nitrogens is 3. The molecule has 0 bridgehead atoms. The molecule has 1 saturated heterocycles. The lowest BCUT2D eigenvalue weighted by Crippen LogP contribution is -2.39. The molecule has 90 valence electrons. The summed E-state index contributed by atoms with van der Waals surface area (Å²) in [4.78, 5) is 3.97. The highest BCUT2D eigenvalue weighted by Crippen LogP contribution is 2.35. The molecule has 5 nitrogen and oxygen atoms in total. The van der Waals surface area contributed by atoms with Crippen molar-refractivity contribution >= 4 is 17.1 Å². The topological polar surface area (TPSA) is 62.5 Å². The number of hydrogen-bond donors (Lipinski definition) is 2. The Labute approximate surface area is 103 Å². The number of rotatable bonds is 1. The van der Waals surface area contributed by atoms with Gasteiger partial charge in [-0.2, -0.15) is 5.10 Å². The molecule has 3 heterocycles. The van der Waals surface area contributed by atoms with Crippen molar-refractivity contribution in [3.8, 4) is 0 Å². The number of piperidine rings is 1. The van der Waals surface area contributed by atoms with Crippen molar-refractivity contribution in [2.75, 3.05) is 13.1 Å². The van der Waals surface area contributed by atoms with E-state index in [1.807, 2.05) is 6.07 Å². The highest BCUT2D eigenvalue weighted by molar-refractivity contribution is 6.32. The molecule has 0 aromatic carbocycles. The summed E-state index contributed by atoms with van der Waals surface area (Å²) in [6, 6.07) is 1.88. The molecule has 6 heteroatoms. The molecule has 3 rings (SSSR count). The first-order valence-corrected chi connectivity index (χ1v) is 6.00. The molecule has 0 unspecified atom stereocenters. The second-order valence-electron chi connectivity index (χ2n) is 4.36. The lowest BCUT2D eigenvalue weighted by molar-refractivity contribution is 0.00736. The van der Waals surface area contributed by atoms with Crippen molar-refractivity contribution in [3.63, 3.8) is 0 Å². The Morgan fingerprint density at radius 1 is 1.41 bits per heavy atom. The van der Waals surface area contributed by atoms with Crippen LogP contribution in [0.2, 0.25) is 5.15 Å². The predicted octanol–water partition coefficient (Wildman–Crippen LogP) is 0.954. The van der Waals surface area contributed by atoms with Gasteiger partial charge in [-0.05, 0) is 32.0 Å². The van der Waals surface area contributed by atoms with Gasteiger partial charge in [-0.15, -0.1) is 0 Å². The van der Waals surface area contributed by atoms with Crippen molar-refractivity contribution in [1.82, 2.24) is 19.9 Å². The Bertz CT molecular complexity index is 547. The van der Waals surface area contributed by atoms with Crippen LogP contribution in [-0.2, 0) is 5.60 Å². The van der Waals surface area contributed by atoms with Crippen LogP contribution in [0.1, 0.15) is 18.4 Å². The molecular formula is C11H13ClN4O. The highest BCUT2D eigenvalue weighted by atomic mass is 35.5. The van der Waals surface area contributed by atoms with Gasteiger partial charge in [0.15, 0.2) is 5.15 Å². The minimum atomic E-state index is -0.825. The van der Waals surface area contributed by atoms with E-state index in [2.05, 4.69) is 15.4 Å². The maximum atomic E-state index is 10.7. The maximum Gasteiger partial charge on any atom is 0.156 e. The van der Waals surface area contributed by atoms with Crippen LogP contribution in [0.25, 0.3) is 5.52 Å². The summed E-state index contributed by atoms with van der Waals surface area (Å²) in [5.74, 6) is 0. The molecule has 0 radical (unpaired) electrons. The average Bonchev–Trinajstić information content (AvgIpc) is 2.76. The molecule has 1 fully saturated rings. The van der Waals surface area contributed by atoms with Crippen LogP contribution in [0, 0.1) is 0 Å². The van der Waals surface area contributed by atoms with Crippen LogP contribution in [0.3, 0.4) is 0 Å². The second kappa shape index (κ2) is 3.94. The Morgan fingerprint density at radius 2 is 2.18 bits per heavy atom. The number of nitrogens with one attached hydrogen (secondary N) is 1. The van der Waals surface area contributed by atoms with Gasteiger partial charge < -0.3 is 10.4 Å². The number of fused-ring (bicyclic) bond motifs is 1. The van der Waals surface area contributed by atoms with E-state index < -0.39 is 5.60 Å². The third kappa shape index (κ3) is 1.71. The number of nitrogens with zero attached hydrogens (tertiary/aromatic N) is 3. The lowest BCUT2D eigenvalue weighted by Gasteiger charge is -2.32. The Morgan fingerprint density at radius 3 is 2.94 bits per heavy atom. The first-order chi connectivity index (χ1) is 8.21. The second-order valence-corrected chi connectivity index (χ2v) is 4.71. The molecule has 0 atom stereocenters. The van der Waals surface area contributed by atoms with E-state index in [1.165, 1.54) is 6.33 Å². The van der Waals surface area contributed by atoms with E-state index in [4.69, 9.17) is 11.6 Å². The minimum Gasteiger partial charge on any atom is -0.385 e. The molecule has 0 amide bonds. The standard InChI is InChI=1S/C11H13ClN4O/c12-10-9-8(1-6-16(9)15-7-14-10)11(17)2-4-13-5-3-11/h1,6-7,13,17H,2-5H2. The first kappa shape index (κ1) is 11.0. The van der Waals surface area contributed by atoms with Crippen LogP contribution in [0.5, 0.6) is 0 Å². The predicted molar refractivity (Wildman–Crippen MR) is 64.0 cm³/mol. The molecule has 2 aromatic heterocycles. The van der Waals surface area contributed by atoms with Crippen LogP contribution >= 0.6 is 11.6 Å². The van der Waals surface area contributed by atoms with Crippen LogP contribution in [-0.4, -0.2) is 32.8 Å². The van der Waals surface area contributed by atoms with Crippen molar-refractivity contribution in [3.05, 3.63) is 29.3 Å². The molecule has 1 aliphatic rings. The molecule has 0 spiro atoms. The maximum absolute atomic E-state index is 10.7. The van der Waals surface area contributed by atoms with E-state index in [0.717, 1.165) is 18.7 Å². The molecular weight excluding hydrogens is 240 g/mol. The SMILES string of the molecule is OC1(c2ccn3ncnc(Cl)c23)CCNCC1. The van der Waals surface area contributed by atoms with Crippen LogP contribution in [0.15, 0.2) is 18.6 Å². The van der Waals surface area contributed by atoms with E-state index >= 15 is 0 Å². The van der Waals surface area contributed by atoms with Gasteiger partial charge in [0, 0.05) is 11.8 Å². The van der Waals surface area contributed by atoms with E-state index in [9.17, 15) is 5.11 Å². The zero-order chi connectivity index (χ0) is 11.9. The molecule has 0 aliphatic carbocycles. The zero-order valence-corrected chi connectivity index (χ0v) is 9.98. The largest absolute Gasteiger partial charge is 0.385 e. The molecule has 1 aliphatic heterocycles. The highest BCUT2D eigenvalue weighted by Gasteiger charge is 2.34. The fourth-order valence-corrected chi connectivity index (χ4v) is 2.63. The fourth-order valence-electron chi connectivity index (χ4n) is 2.40. The van der Waals surface area contributed by atoms with Crippen molar-refractivity contribution in [1.29, 1.82) is 0 Å². The number of hydrogen-bond acceptors (Lipinski definition) is 4. The summed E-state index contributed by atoms with van der Waals surface area (Å²) < 4.78 is 1.66. The monoisotopic (exact) mass is 252 g/mol. The summed E-state index contributed by atoms with van der Waals surface area (Å²) in [6.45, 7) is 1.61. The third-order valence-electron chi connectivity index (χ3n) is 3.34. The third-order valence-corrected chi connectivity index (χ3v) is 3.62. The van der Waals surface area contributed by atoms with Gasteiger partial charge >= 0.3 is 0 Å². The summed E-state index contributed by atoms with van der Waals surface area (Å²) in [5.41, 5.74) is 0.706. The number of halogens is 1. The molecule has 0 saturated carbocycles. The molecule has 2 aromatic rings. The van der Waals surface area contributed by atoms with Gasteiger partial charge in [-0.25, -0.2) is 9.50 Å². The smallest absolute Gasteiger partial charge is 0.156 e. The van der Waals surface area contributed by atoms with Gasteiger partial charge in [-0.1, -0.05) is 11.6 Å². The Hall–Kier alpha value is -1.17. The average molecular weight is 253 g/mol. The normalized spacial score (nSPS) is 19.6. The molecule has 2 N–H and O–H groups in total. The van der Waals surface area contributed by atoms with Gasteiger partial charge in [0.25, 0.3) is 0 Å². The summed E-state index contributed by atoms with van der Waals surface area (Å²) >= 11 is 6.09. The van der Waals surface area contributed by atoms with Gasteiger partial charge in [0.2, 0.25) is 0 Å². The summed E-state index contributed by atoms with van der Waals surface area (Å²) in [7, 11) is 0. The summed E-state index contributed by atoms with van der Waals surface area (Å²) in [6.07, 6.45) is 4.57. The summed E-state index contributed by atoms with van der Waals surface area (Å²) in [5, 5.41) is 18.4. The quantitative estimate of drug-likeness (QED) is 0.794. The van der Waals surface area contributed by atoms with Gasteiger partial charge in [0.05, 0.1) is 5.60 Å².